The second kappa shape index (κ2) is 63.5. The van der Waals surface area contributed by atoms with Gasteiger partial charge in [-0.25, -0.2) is 0 Å². The molecule has 0 amide bonds. The van der Waals surface area contributed by atoms with Gasteiger partial charge < -0.3 is 0 Å². The lowest BCUT2D eigenvalue weighted by atomic mass is 9.74. The molecule has 12 rings (SSSR count). The Balaban J connectivity index is 0.000000688. The van der Waals surface area contributed by atoms with Gasteiger partial charge in [0.25, 0.3) is 0 Å². The van der Waals surface area contributed by atoms with Crippen LogP contribution < -0.4 is 0 Å². The minimum absolute atomic E-state index is 0.550. The third kappa shape index (κ3) is 90.5. The molecule has 0 aromatic rings. The lowest BCUT2D eigenvalue weighted by molar-refractivity contribution is 0.207. The molecule has 0 aromatic carbocycles. The van der Waals surface area contributed by atoms with Crippen molar-refractivity contribution in [2.45, 2.75) is 673 Å². The van der Waals surface area contributed by atoms with Crippen LogP contribution in [0, 0.1) is 136 Å². The first-order chi connectivity index (χ1) is 57.9. The van der Waals surface area contributed by atoms with Gasteiger partial charge in [-0.1, -0.05) is 570 Å². The highest BCUT2D eigenvalue weighted by Crippen LogP contribution is 2.44. The summed E-state index contributed by atoms with van der Waals surface area (Å²) in [4.78, 5) is 0. The van der Waals surface area contributed by atoms with Crippen molar-refractivity contribution in [1.29, 1.82) is 0 Å². The summed E-state index contributed by atoms with van der Waals surface area (Å²) < 4.78 is 0. The summed E-state index contributed by atoms with van der Waals surface area (Å²) in [6.45, 7) is 84.4. The maximum absolute atomic E-state index is 2.36. The van der Waals surface area contributed by atoms with Gasteiger partial charge in [0.05, 0.1) is 0 Å². The molecule has 12 aliphatic carbocycles. The van der Waals surface area contributed by atoms with Crippen molar-refractivity contribution < 1.29 is 0 Å². The first kappa shape index (κ1) is 124. The van der Waals surface area contributed by atoms with Crippen LogP contribution in [0.2, 0.25) is 0 Å². The topological polar surface area (TPSA) is 0 Å². The van der Waals surface area contributed by atoms with Crippen LogP contribution in [0.25, 0.3) is 0 Å². The molecule has 126 heavy (non-hydrogen) atoms. The molecule has 0 radical (unpaired) electrons. The highest BCUT2D eigenvalue weighted by atomic mass is 14.4. The molecular formula is C126H252. The van der Waals surface area contributed by atoms with E-state index in [1.54, 1.807) is 0 Å². The molecule has 0 heteroatoms. The molecule has 0 aromatic heterocycles. The summed E-state index contributed by atoms with van der Waals surface area (Å²) in [5.41, 5.74) is 6.76. The van der Waals surface area contributed by atoms with Gasteiger partial charge in [0.2, 0.25) is 0 Å². The minimum atomic E-state index is 0.550. The second-order valence-corrected chi connectivity index (χ2v) is 61.0. The van der Waals surface area contributed by atoms with Crippen molar-refractivity contribution in [1.82, 2.24) is 0 Å². The second-order valence-electron chi connectivity index (χ2n) is 61.0. The predicted molar refractivity (Wildman–Crippen MR) is 580 cm³/mol. The molecule has 0 unspecified atom stereocenters. The first-order valence-corrected chi connectivity index (χ1v) is 57.9. The molecule has 0 bridgehead atoms. The molecule has 0 N–H and O–H groups in total. The van der Waals surface area contributed by atoms with E-state index < -0.39 is 0 Å². The molecule has 0 aliphatic heterocycles. The van der Waals surface area contributed by atoms with E-state index in [9.17, 15) is 0 Å². The van der Waals surface area contributed by atoms with Crippen LogP contribution in [0.3, 0.4) is 0 Å². The zero-order chi connectivity index (χ0) is 95.6. The van der Waals surface area contributed by atoms with E-state index in [4.69, 9.17) is 0 Å². The van der Waals surface area contributed by atoms with E-state index in [0.717, 1.165) is 71.0 Å². The normalized spacial score (nSPS) is 20.9. The monoisotopic (exact) mass is 1770 g/mol. The highest BCUT2D eigenvalue weighted by Gasteiger charge is 2.31. The largest absolute Gasteiger partial charge is 0.0602 e. The maximum Gasteiger partial charge on any atom is -0.0380 e. The fourth-order valence-electron chi connectivity index (χ4n) is 21.2. The maximum atomic E-state index is 2.36. The van der Waals surface area contributed by atoms with Gasteiger partial charge in [-0.05, 0) is 239 Å². The lowest BCUT2D eigenvalue weighted by Gasteiger charge is -2.31. The van der Waals surface area contributed by atoms with Gasteiger partial charge in [-0.15, -0.1) is 0 Å². The highest BCUT2D eigenvalue weighted by molar-refractivity contribution is 4.83. The van der Waals surface area contributed by atoms with Crippen LogP contribution in [-0.2, 0) is 0 Å². The predicted octanol–water partition coefficient (Wildman–Crippen LogP) is 45.7. The van der Waals surface area contributed by atoms with E-state index in [0.29, 0.717) is 65.0 Å². The van der Waals surface area contributed by atoms with Crippen molar-refractivity contribution in [2.75, 3.05) is 0 Å². The molecule has 12 fully saturated rings. The SMILES string of the molecule is CC(C)(C)CC1CC1.CC(C)(C)CC1CCC1.CC(C)(C)CC1CCCC1.CC(C)(C)CC1CCCCC1.CC(C)(C)CCC1CC1.CC(C)(C)CCC1CCC1.CC(C)(C)CCC1CCCC1.CC(C)(C)CCC1CCCCC1.CC(C)(C)CCCC1CC1.CC(C)(C)CCCC1CCC1.CC(C)(C)CCCC1CCCC1.CC(C)(C)CCCC1CCCCC1. The van der Waals surface area contributed by atoms with Gasteiger partial charge in [0.15, 0.2) is 0 Å². The van der Waals surface area contributed by atoms with Crippen molar-refractivity contribution >= 4 is 0 Å². The van der Waals surface area contributed by atoms with Crippen molar-refractivity contribution in [3.05, 3.63) is 0 Å². The minimum Gasteiger partial charge on any atom is -0.0602 e. The molecule has 756 valence electrons. The molecule has 12 aliphatic rings. The van der Waals surface area contributed by atoms with Crippen molar-refractivity contribution in [3.8, 4) is 0 Å². The Bertz CT molecular complexity index is 2420. The van der Waals surface area contributed by atoms with Gasteiger partial charge in [0, 0.05) is 0 Å². The Morgan fingerprint density at radius 3 is 0.357 bits per heavy atom. The molecule has 0 spiro atoms. The van der Waals surface area contributed by atoms with E-state index >= 15 is 0 Å². The first-order valence-electron chi connectivity index (χ1n) is 57.9. The third-order valence-corrected chi connectivity index (χ3v) is 30.3. The molecule has 0 heterocycles. The molecule has 0 atom stereocenters. The fraction of sp³-hybridized carbons (Fsp3) is 1.00. The smallest absolute Gasteiger partial charge is 0.0380 e. The standard InChI is InChI=1S/C13H26.2C12H24.3C11H22.3C10H20.2C9H18.C8H16/c1-13(2,3)11-7-10-12-8-5-4-6-9-12;1-12(2,3)10-6-9-11-7-4-5-8-11;1-12(2,3)10-9-11-7-5-4-6-8-11;1-11(2,3)9-5-8-10-6-4-7-10;1-11(2,3)9-8-10-6-4-5-7-10;1-11(2,3)9-10-7-5-4-6-8-10;1-10(2,3)8-4-5-9-6-7-9;1-10(2,3)8-7-9-5-4-6-9;1-10(2,3)8-9-6-4-5-7-9;1-9(2,3)7-6-8-4-5-8;1-9(2,3)7-8-5-4-6-8;1-8(2,3)6-7-4-5-7/h12H,4-11H2,1-3H3;2*11H,4-10H2,1-3H3;3*10H,4-9H2,1-3H3;3*9H,4-8H2,1-3H3;2*8H,4-7H2,1-3H3;7H,4-6H2,1-3H3. The molecule has 12 saturated carbocycles. The lowest BCUT2D eigenvalue weighted by Crippen LogP contribution is -2.18. The van der Waals surface area contributed by atoms with Crippen LogP contribution >= 0.6 is 0 Å². The number of hydrogen-bond acceptors (Lipinski definition) is 0. The summed E-state index contributed by atoms with van der Waals surface area (Å²) in [7, 11) is 0. The van der Waals surface area contributed by atoms with Crippen LogP contribution in [0.4, 0.5) is 0 Å². The Hall–Kier alpha value is 0. The van der Waals surface area contributed by atoms with Crippen molar-refractivity contribution in [2.24, 2.45) is 136 Å². The Morgan fingerprint density at radius 1 is 0.111 bits per heavy atom. The summed E-state index contributed by atoms with van der Waals surface area (Å²) >= 11 is 0. The van der Waals surface area contributed by atoms with E-state index in [1.807, 2.05) is 0 Å². The summed E-state index contributed by atoms with van der Waals surface area (Å²) in [5, 5.41) is 0. The average molecular weight is 1770 g/mol. The van der Waals surface area contributed by atoms with Crippen molar-refractivity contribution in [3.63, 3.8) is 0 Å². The van der Waals surface area contributed by atoms with Crippen LogP contribution in [-0.4, -0.2) is 0 Å². The zero-order valence-electron chi connectivity index (χ0n) is 95.6. The molecule has 0 nitrogen and oxygen atoms in total. The van der Waals surface area contributed by atoms with Gasteiger partial charge in [0.1, 0.15) is 0 Å². The quantitative estimate of drug-likeness (QED) is 0.0904. The summed E-state index contributed by atoms with van der Waals surface area (Å²) in [6, 6.07) is 0. The van der Waals surface area contributed by atoms with E-state index in [-0.39, 0.29) is 0 Å². The number of rotatable bonds is 24. The van der Waals surface area contributed by atoms with E-state index in [1.165, 1.54) is 424 Å². The van der Waals surface area contributed by atoms with E-state index in [2.05, 4.69) is 249 Å². The van der Waals surface area contributed by atoms with Gasteiger partial charge in [-0.3, -0.25) is 0 Å². The zero-order valence-corrected chi connectivity index (χ0v) is 95.6. The average Bonchev–Trinajstić information content (AvgIpc) is 1.76. The van der Waals surface area contributed by atoms with Gasteiger partial charge >= 0.3 is 0 Å². The molecule has 0 saturated heterocycles. The number of hydrogen-bond donors (Lipinski definition) is 0. The van der Waals surface area contributed by atoms with Crippen LogP contribution in [0.1, 0.15) is 673 Å². The van der Waals surface area contributed by atoms with Gasteiger partial charge in [-0.2, -0.15) is 0 Å². The third-order valence-electron chi connectivity index (χ3n) is 30.3. The Morgan fingerprint density at radius 2 is 0.230 bits per heavy atom. The Kier molecular flexibility index (Phi) is 62.5. The summed E-state index contributed by atoms with van der Waals surface area (Å²) in [5.74, 6) is 13.0. The fourth-order valence-corrected chi connectivity index (χ4v) is 21.2. The van der Waals surface area contributed by atoms with Crippen LogP contribution in [0.15, 0.2) is 0 Å². The van der Waals surface area contributed by atoms with Crippen LogP contribution in [0.5, 0.6) is 0 Å². The summed E-state index contributed by atoms with van der Waals surface area (Å²) in [6.07, 6.45) is 97.8. The Labute approximate surface area is 803 Å². The molecular weight excluding hydrogens is 1510 g/mol.